The third kappa shape index (κ3) is 2.81. The van der Waals surface area contributed by atoms with Crippen LogP contribution >= 0.6 is 11.3 Å². The van der Waals surface area contributed by atoms with E-state index in [2.05, 4.69) is 24.1 Å². The molecule has 1 aromatic heterocycles. The number of nitrogens with one attached hydrogen (secondary N) is 1. The minimum Gasteiger partial charge on any atom is -0.359 e. The molecule has 0 spiro atoms. The second-order valence-corrected chi connectivity index (χ2v) is 3.77. The largest absolute Gasteiger partial charge is 0.359 e. The molecule has 12 heavy (non-hydrogen) atoms. The van der Waals surface area contributed by atoms with E-state index in [1.807, 2.05) is 11.6 Å². The van der Waals surface area contributed by atoms with Crippen LogP contribution in [-0.4, -0.2) is 11.0 Å². The summed E-state index contributed by atoms with van der Waals surface area (Å²) in [7, 11) is 0. The van der Waals surface area contributed by atoms with Crippen LogP contribution < -0.4 is 5.32 Å². The van der Waals surface area contributed by atoms with Gasteiger partial charge in [-0.3, -0.25) is 0 Å². The van der Waals surface area contributed by atoms with Crippen molar-refractivity contribution in [1.29, 1.82) is 0 Å². The van der Waals surface area contributed by atoms with E-state index in [0.717, 1.165) is 5.13 Å². The van der Waals surface area contributed by atoms with Gasteiger partial charge < -0.3 is 5.32 Å². The highest BCUT2D eigenvalue weighted by Gasteiger charge is 2.04. The maximum atomic E-state index is 4.19. The van der Waals surface area contributed by atoms with E-state index in [1.54, 1.807) is 11.3 Å². The molecule has 0 saturated heterocycles. The Morgan fingerprint density at radius 3 is 2.92 bits per heavy atom. The van der Waals surface area contributed by atoms with E-state index in [9.17, 15) is 0 Å². The lowest BCUT2D eigenvalue weighted by Crippen LogP contribution is -2.17. The van der Waals surface area contributed by atoms with Gasteiger partial charge in [-0.1, -0.05) is 20.3 Å². The molecule has 0 bridgehead atoms. The van der Waals surface area contributed by atoms with Crippen molar-refractivity contribution < 1.29 is 0 Å². The van der Waals surface area contributed by atoms with Crippen molar-refractivity contribution in [2.24, 2.45) is 0 Å². The Labute approximate surface area is 78.0 Å². The minimum absolute atomic E-state index is 0.598. The lowest BCUT2D eigenvalue weighted by molar-refractivity contribution is 0.622. The predicted molar refractivity (Wildman–Crippen MR) is 54.7 cm³/mol. The average Bonchev–Trinajstić information content (AvgIpc) is 2.56. The molecule has 1 rings (SSSR count). The molecule has 1 unspecified atom stereocenters. The fraction of sp³-hybridized carbons (Fsp3) is 0.667. The van der Waals surface area contributed by atoms with E-state index in [-0.39, 0.29) is 0 Å². The normalized spacial score (nSPS) is 12.8. The van der Waals surface area contributed by atoms with Gasteiger partial charge in [-0.25, -0.2) is 4.98 Å². The fourth-order valence-corrected chi connectivity index (χ4v) is 1.80. The first kappa shape index (κ1) is 9.52. The Balaban J connectivity index is 2.37. The van der Waals surface area contributed by atoms with Gasteiger partial charge in [-0.2, -0.15) is 0 Å². The van der Waals surface area contributed by atoms with E-state index in [0.29, 0.717) is 6.04 Å². The summed E-state index contributed by atoms with van der Waals surface area (Å²) in [5.41, 5.74) is 0. The highest BCUT2D eigenvalue weighted by Crippen LogP contribution is 2.14. The number of rotatable bonds is 5. The minimum atomic E-state index is 0.598. The molecule has 0 saturated carbocycles. The smallest absolute Gasteiger partial charge is 0.182 e. The Kier molecular flexibility index (Phi) is 4.08. The maximum Gasteiger partial charge on any atom is 0.182 e. The molecule has 1 N–H and O–H groups in total. The molecule has 0 fully saturated rings. The predicted octanol–water partition coefficient (Wildman–Crippen LogP) is 3.13. The third-order valence-corrected chi connectivity index (χ3v) is 2.59. The molecule has 0 aliphatic heterocycles. The van der Waals surface area contributed by atoms with Crippen molar-refractivity contribution in [3.05, 3.63) is 11.6 Å². The molecule has 1 aromatic rings. The van der Waals surface area contributed by atoms with Crippen molar-refractivity contribution in [3.63, 3.8) is 0 Å². The summed E-state index contributed by atoms with van der Waals surface area (Å²) in [6, 6.07) is 0.598. The number of hydrogen-bond donors (Lipinski definition) is 1. The van der Waals surface area contributed by atoms with E-state index in [4.69, 9.17) is 0 Å². The van der Waals surface area contributed by atoms with E-state index in [1.165, 1.54) is 19.3 Å². The van der Waals surface area contributed by atoms with Crippen molar-refractivity contribution in [3.8, 4) is 0 Å². The Bertz CT molecular complexity index is 196. The van der Waals surface area contributed by atoms with Crippen LogP contribution in [-0.2, 0) is 0 Å². The van der Waals surface area contributed by atoms with Crippen molar-refractivity contribution >= 4 is 16.5 Å². The van der Waals surface area contributed by atoms with Crippen molar-refractivity contribution in [2.45, 2.75) is 39.2 Å². The summed E-state index contributed by atoms with van der Waals surface area (Å²) >= 11 is 1.67. The molecule has 0 aliphatic rings. The molecule has 2 nitrogen and oxygen atoms in total. The number of thiazole rings is 1. The highest BCUT2D eigenvalue weighted by atomic mass is 32.1. The molecular formula is C9H16N2S. The monoisotopic (exact) mass is 184 g/mol. The van der Waals surface area contributed by atoms with Crippen LogP contribution in [0, 0.1) is 0 Å². The van der Waals surface area contributed by atoms with Gasteiger partial charge in [-0.15, -0.1) is 11.3 Å². The summed E-state index contributed by atoms with van der Waals surface area (Å²) in [6.07, 6.45) is 5.48. The second kappa shape index (κ2) is 5.14. The number of anilines is 1. The lowest BCUT2D eigenvalue weighted by Gasteiger charge is -2.14. The zero-order chi connectivity index (χ0) is 8.81. The van der Waals surface area contributed by atoms with Crippen LogP contribution in [0.4, 0.5) is 5.13 Å². The van der Waals surface area contributed by atoms with Gasteiger partial charge in [0.2, 0.25) is 0 Å². The molecule has 0 aromatic carbocycles. The Morgan fingerprint density at radius 1 is 1.58 bits per heavy atom. The van der Waals surface area contributed by atoms with Gasteiger partial charge in [0, 0.05) is 17.6 Å². The number of nitrogens with zero attached hydrogens (tertiary/aromatic N) is 1. The topological polar surface area (TPSA) is 24.9 Å². The summed E-state index contributed by atoms with van der Waals surface area (Å²) in [6.45, 7) is 4.42. The standard InChI is InChI=1S/C9H16N2S/c1-3-5-8(4-2)11-9-10-6-7-12-9/h6-8H,3-5H2,1-2H3,(H,10,11). The molecule has 0 aliphatic carbocycles. The van der Waals surface area contributed by atoms with E-state index < -0.39 is 0 Å². The first-order valence-corrected chi connectivity index (χ1v) is 5.40. The maximum absolute atomic E-state index is 4.19. The number of hydrogen-bond acceptors (Lipinski definition) is 3. The average molecular weight is 184 g/mol. The Hall–Kier alpha value is -0.570. The quantitative estimate of drug-likeness (QED) is 0.760. The van der Waals surface area contributed by atoms with Gasteiger partial charge in [0.05, 0.1) is 0 Å². The molecule has 0 amide bonds. The number of aromatic nitrogens is 1. The van der Waals surface area contributed by atoms with Gasteiger partial charge in [0.15, 0.2) is 5.13 Å². The van der Waals surface area contributed by atoms with Gasteiger partial charge >= 0.3 is 0 Å². The third-order valence-electron chi connectivity index (χ3n) is 1.89. The molecule has 68 valence electrons. The summed E-state index contributed by atoms with van der Waals surface area (Å²) < 4.78 is 0. The van der Waals surface area contributed by atoms with E-state index >= 15 is 0 Å². The lowest BCUT2D eigenvalue weighted by atomic mass is 10.1. The SMILES string of the molecule is CCCC(CC)Nc1nccs1. The zero-order valence-corrected chi connectivity index (χ0v) is 8.53. The summed E-state index contributed by atoms with van der Waals surface area (Å²) in [4.78, 5) is 4.19. The Morgan fingerprint density at radius 2 is 2.42 bits per heavy atom. The van der Waals surface area contributed by atoms with Crippen molar-refractivity contribution in [1.82, 2.24) is 4.98 Å². The highest BCUT2D eigenvalue weighted by molar-refractivity contribution is 7.13. The molecule has 3 heteroatoms. The van der Waals surface area contributed by atoms with Crippen LogP contribution in [0.3, 0.4) is 0 Å². The van der Waals surface area contributed by atoms with Crippen LogP contribution in [0.25, 0.3) is 0 Å². The molecule has 1 heterocycles. The van der Waals surface area contributed by atoms with Crippen LogP contribution in [0.1, 0.15) is 33.1 Å². The summed E-state index contributed by atoms with van der Waals surface area (Å²) in [5, 5.41) is 6.47. The fourth-order valence-electron chi connectivity index (χ4n) is 1.20. The van der Waals surface area contributed by atoms with Crippen LogP contribution in [0.5, 0.6) is 0 Å². The molecule has 1 atom stereocenters. The zero-order valence-electron chi connectivity index (χ0n) is 7.71. The molecule has 0 radical (unpaired) electrons. The van der Waals surface area contributed by atoms with Gasteiger partial charge in [0.1, 0.15) is 0 Å². The van der Waals surface area contributed by atoms with Crippen LogP contribution in [0.15, 0.2) is 11.6 Å². The van der Waals surface area contributed by atoms with Gasteiger partial charge in [0.25, 0.3) is 0 Å². The first-order valence-electron chi connectivity index (χ1n) is 4.52. The second-order valence-electron chi connectivity index (χ2n) is 2.88. The first-order chi connectivity index (χ1) is 5.86. The van der Waals surface area contributed by atoms with Crippen molar-refractivity contribution in [2.75, 3.05) is 5.32 Å². The summed E-state index contributed by atoms with van der Waals surface area (Å²) in [5.74, 6) is 0. The van der Waals surface area contributed by atoms with Crippen LogP contribution in [0.2, 0.25) is 0 Å². The molecular weight excluding hydrogens is 168 g/mol. The van der Waals surface area contributed by atoms with Gasteiger partial charge in [-0.05, 0) is 12.8 Å².